The van der Waals surface area contributed by atoms with E-state index < -0.39 is 6.26 Å². The van der Waals surface area contributed by atoms with Gasteiger partial charge >= 0.3 is 0 Å². The molecule has 100 valence electrons. The van der Waals surface area contributed by atoms with Crippen molar-refractivity contribution in [3.05, 3.63) is 48.5 Å². The van der Waals surface area contributed by atoms with Crippen LogP contribution in [0, 0.1) is 0 Å². The molecule has 0 fully saturated rings. The van der Waals surface area contributed by atoms with Crippen LogP contribution in [0.2, 0.25) is 0 Å². The molecule has 2 aromatic rings. The second-order valence-electron chi connectivity index (χ2n) is 3.95. The van der Waals surface area contributed by atoms with Gasteiger partial charge in [0, 0.05) is 6.61 Å². The highest BCUT2D eigenvalue weighted by atomic mass is 32.4. The van der Waals surface area contributed by atoms with Gasteiger partial charge in [-0.25, -0.2) is 0 Å². The van der Waals surface area contributed by atoms with Gasteiger partial charge in [-0.2, -0.15) is 0 Å². The molecule has 0 unspecified atom stereocenters. The summed E-state index contributed by atoms with van der Waals surface area (Å²) in [4.78, 5) is 0. The molecule has 0 aliphatic rings. The van der Waals surface area contributed by atoms with E-state index >= 15 is 0 Å². The summed E-state index contributed by atoms with van der Waals surface area (Å²) in [6.45, 7) is 2.26. The van der Waals surface area contributed by atoms with E-state index in [1.807, 2.05) is 6.92 Å². The highest BCUT2D eigenvalue weighted by Gasteiger charge is 2.28. The van der Waals surface area contributed by atoms with Crippen molar-refractivity contribution in [1.82, 2.24) is 0 Å². The minimum Gasteiger partial charge on any atom is -0.507 e. The van der Waals surface area contributed by atoms with Crippen LogP contribution in [-0.4, -0.2) is 16.8 Å². The SMILES string of the molecule is CCOP(=S)(c1ccccc1O)c1ccccc1O. The minimum atomic E-state index is -2.67. The Bertz CT molecular complexity index is 578. The average molecular weight is 294 g/mol. The molecular formula is C14H15O3PS. The minimum absolute atomic E-state index is 0.0996. The van der Waals surface area contributed by atoms with E-state index in [1.54, 1.807) is 48.5 Å². The van der Waals surface area contributed by atoms with Crippen molar-refractivity contribution in [3.8, 4) is 11.5 Å². The van der Waals surface area contributed by atoms with E-state index in [9.17, 15) is 10.2 Å². The lowest BCUT2D eigenvalue weighted by atomic mass is 10.3. The Balaban J connectivity index is 2.66. The molecule has 0 radical (unpaired) electrons. The number of hydrogen-bond acceptors (Lipinski definition) is 4. The van der Waals surface area contributed by atoms with E-state index in [4.69, 9.17) is 16.3 Å². The third-order valence-electron chi connectivity index (χ3n) is 2.71. The first-order chi connectivity index (χ1) is 9.09. The van der Waals surface area contributed by atoms with Crippen molar-refractivity contribution in [2.45, 2.75) is 6.92 Å². The van der Waals surface area contributed by atoms with Crippen molar-refractivity contribution < 1.29 is 14.7 Å². The maximum Gasteiger partial charge on any atom is 0.130 e. The average Bonchev–Trinajstić information content (AvgIpc) is 2.39. The van der Waals surface area contributed by atoms with Gasteiger partial charge < -0.3 is 14.7 Å². The standard InChI is InChI=1S/C14H15O3PS/c1-2-17-18(19,13-9-5-3-7-11(13)15)14-10-6-4-8-12(14)16/h3-10,15-16H,2H2,1H3. The molecular weight excluding hydrogens is 279 g/mol. The van der Waals surface area contributed by atoms with Gasteiger partial charge in [-0.1, -0.05) is 36.1 Å². The van der Waals surface area contributed by atoms with E-state index in [0.29, 0.717) is 17.2 Å². The molecule has 0 heterocycles. The zero-order chi connectivity index (χ0) is 13.9. The van der Waals surface area contributed by atoms with Gasteiger partial charge in [0.15, 0.2) is 0 Å². The summed E-state index contributed by atoms with van der Waals surface area (Å²) in [5, 5.41) is 21.2. The van der Waals surface area contributed by atoms with E-state index in [2.05, 4.69) is 0 Å². The molecule has 0 aliphatic carbocycles. The van der Waals surface area contributed by atoms with E-state index in [0.717, 1.165) is 0 Å². The Morgan fingerprint density at radius 1 is 0.947 bits per heavy atom. The van der Waals surface area contributed by atoms with Crippen LogP contribution in [0.5, 0.6) is 11.5 Å². The zero-order valence-electron chi connectivity index (χ0n) is 10.5. The Labute approximate surface area is 117 Å². The molecule has 19 heavy (non-hydrogen) atoms. The summed E-state index contributed by atoms with van der Waals surface area (Å²) >= 11 is 5.68. The summed E-state index contributed by atoms with van der Waals surface area (Å²) in [5.41, 5.74) is 0. The maximum atomic E-state index is 10.0. The normalized spacial score (nSPS) is 11.4. The first-order valence-corrected chi connectivity index (χ1v) is 8.63. The second kappa shape index (κ2) is 5.74. The monoisotopic (exact) mass is 294 g/mol. The van der Waals surface area contributed by atoms with Crippen LogP contribution in [0.15, 0.2) is 48.5 Å². The highest BCUT2D eigenvalue weighted by Crippen LogP contribution is 2.49. The third-order valence-corrected chi connectivity index (χ3v) is 6.85. The van der Waals surface area contributed by atoms with Gasteiger partial charge in [0.2, 0.25) is 0 Å². The number of aromatic hydroxyl groups is 2. The number of phenols is 2. The molecule has 2 aromatic carbocycles. The quantitative estimate of drug-likeness (QED) is 0.851. The Morgan fingerprint density at radius 3 is 1.74 bits per heavy atom. The number of para-hydroxylation sites is 2. The van der Waals surface area contributed by atoms with E-state index in [1.165, 1.54) is 0 Å². The van der Waals surface area contributed by atoms with E-state index in [-0.39, 0.29) is 11.5 Å². The predicted molar refractivity (Wildman–Crippen MR) is 81.4 cm³/mol. The first kappa shape index (κ1) is 14.1. The van der Waals surface area contributed by atoms with Crippen LogP contribution in [0.4, 0.5) is 0 Å². The molecule has 0 spiro atoms. The number of hydrogen-bond donors (Lipinski definition) is 2. The van der Waals surface area contributed by atoms with Gasteiger partial charge in [0.25, 0.3) is 0 Å². The lowest BCUT2D eigenvalue weighted by Gasteiger charge is -2.24. The van der Waals surface area contributed by atoms with Gasteiger partial charge in [0.1, 0.15) is 17.8 Å². The molecule has 0 saturated carbocycles. The molecule has 2 N–H and O–H groups in total. The molecule has 0 saturated heterocycles. The Kier molecular flexibility index (Phi) is 4.25. The van der Waals surface area contributed by atoms with Crippen LogP contribution >= 0.6 is 6.26 Å². The number of benzene rings is 2. The summed E-state index contributed by atoms with van der Waals surface area (Å²) in [7, 11) is 0. The predicted octanol–water partition coefficient (Wildman–Crippen LogP) is 2.48. The Morgan fingerprint density at radius 2 is 1.37 bits per heavy atom. The lowest BCUT2D eigenvalue weighted by Crippen LogP contribution is -2.18. The smallest absolute Gasteiger partial charge is 0.130 e. The lowest BCUT2D eigenvalue weighted by molar-refractivity contribution is 0.384. The zero-order valence-corrected chi connectivity index (χ0v) is 12.2. The van der Waals surface area contributed by atoms with Gasteiger partial charge in [-0.15, -0.1) is 0 Å². The van der Waals surface area contributed by atoms with Crippen molar-refractivity contribution in [3.63, 3.8) is 0 Å². The Hall–Kier alpha value is -1.35. The third kappa shape index (κ3) is 2.66. The summed E-state index contributed by atoms with van der Waals surface area (Å²) in [5.74, 6) is 0.199. The molecule has 0 bridgehead atoms. The molecule has 3 nitrogen and oxygen atoms in total. The van der Waals surface area contributed by atoms with Gasteiger partial charge in [-0.3, -0.25) is 0 Å². The largest absolute Gasteiger partial charge is 0.507 e. The van der Waals surface area contributed by atoms with Gasteiger partial charge in [-0.05, 0) is 31.2 Å². The van der Waals surface area contributed by atoms with Crippen molar-refractivity contribution in [1.29, 1.82) is 0 Å². The van der Waals surface area contributed by atoms with Crippen molar-refractivity contribution in [2.75, 3.05) is 6.61 Å². The van der Waals surface area contributed by atoms with Gasteiger partial charge in [0.05, 0.1) is 10.6 Å². The van der Waals surface area contributed by atoms with Crippen LogP contribution in [0.3, 0.4) is 0 Å². The molecule has 0 aromatic heterocycles. The fourth-order valence-electron chi connectivity index (χ4n) is 1.88. The summed E-state index contributed by atoms with van der Waals surface area (Å²) in [6.07, 6.45) is -2.67. The van der Waals surface area contributed by atoms with Crippen molar-refractivity contribution >= 4 is 28.7 Å². The van der Waals surface area contributed by atoms with Crippen LogP contribution in [0.1, 0.15) is 6.92 Å². The molecule has 2 rings (SSSR count). The molecule has 5 heteroatoms. The topological polar surface area (TPSA) is 49.7 Å². The molecule has 0 atom stereocenters. The number of phenolic OH excluding ortho intramolecular Hbond substituents is 2. The summed E-state index contributed by atoms with van der Waals surface area (Å²) in [6, 6.07) is 13.7. The highest BCUT2D eigenvalue weighted by molar-refractivity contribution is 8.19. The molecule has 0 amide bonds. The first-order valence-electron chi connectivity index (χ1n) is 5.91. The van der Waals surface area contributed by atoms with Crippen LogP contribution < -0.4 is 10.6 Å². The fraction of sp³-hybridized carbons (Fsp3) is 0.143. The van der Waals surface area contributed by atoms with Crippen molar-refractivity contribution in [2.24, 2.45) is 0 Å². The molecule has 0 aliphatic heterocycles. The van der Waals surface area contributed by atoms with Crippen LogP contribution in [0.25, 0.3) is 0 Å². The second-order valence-corrected chi connectivity index (χ2v) is 7.81. The maximum absolute atomic E-state index is 10.0. The van der Waals surface area contributed by atoms with Crippen LogP contribution in [-0.2, 0) is 16.3 Å². The summed E-state index contributed by atoms with van der Waals surface area (Å²) < 4.78 is 5.77. The fourth-order valence-corrected chi connectivity index (χ4v) is 5.34. The number of rotatable bonds is 4.